The first-order valence-corrected chi connectivity index (χ1v) is 4.77. The van der Waals surface area contributed by atoms with E-state index in [0.29, 0.717) is 17.0 Å². The molecule has 84 valence electrons. The average molecular weight is 222 g/mol. The summed E-state index contributed by atoms with van der Waals surface area (Å²) in [5.74, 6) is -0.427. The molecular weight excluding hydrogens is 211 g/mol. The van der Waals surface area contributed by atoms with Crippen molar-refractivity contribution in [2.24, 2.45) is 5.73 Å². The number of aromatic nitrogens is 2. The Balaban J connectivity index is 2.29. The van der Waals surface area contributed by atoms with Gasteiger partial charge in [-0.25, -0.2) is 9.37 Å². The lowest BCUT2D eigenvalue weighted by Gasteiger charge is -2.07. The van der Waals surface area contributed by atoms with Crippen LogP contribution >= 0.6 is 0 Å². The standard InChI is InChI=1S/C10H11FN4O/c1-5(9(12)16)13-10-14-7-3-2-6(11)4-8(7)15-10/h2-5H,1H3,(H2,12,16)(H2,13,14,15). The minimum absolute atomic E-state index is 0.342. The van der Waals surface area contributed by atoms with Crippen LogP contribution in [0.5, 0.6) is 0 Å². The zero-order valence-electron chi connectivity index (χ0n) is 8.62. The van der Waals surface area contributed by atoms with E-state index in [1.165, 1.54) is 12.1 Å². The number of imidazole rings is 1. The van der Waals surface area contributed by atoms with Crippen molar-refractivity contribution in [1.29, 1.82) is 0 Å². The molecule has 0 saturated heterocycles. The smallest absolute Gasteiger partial charge is 0.239 e. The maximum absolute atomic E-state index is 12.9. The summed E-state index contributed by atoms with van der Waals surface area (Å²) in [7, 11) is 0. The van der Waals surface area contributed by atoms with Gasteiger partial charge < -0.3 is 16.0 Å². The predicted molar refractivity (Wildman–Crippen MR) is 58.3 cm³/mol. The number of primary amides is 1. The number of hydrogen-bond donors (Lipinski definition) is 3. The van der Waals surface area contributed by atoms with E-state index >= 15 is 0 Å². The number of nitrogens with two attached hydrogens (primary N) is 1. The molecule has 0 aliphatic rings. The Morgan fingerprint density at radius 1 is 1.62 bits per heavy atom. The molecule has 1 amide bonds. The molecule has 1 unspecified atom stereocenters. The Hall–Kier alpha value is -2.11. The van der Waals surface area contributed by atoms with E-state index in [1.807, 2.05) is 0 Å². The number of rotatable bonds is 3. The van der Waals surface area contributed by atoms with Gasteiger partial charge in [-0.15, -0.1) is 0 Å². The first-order chi connectivity index (χ1) is 7.56. The average Bonchev–Trinajstić information content (AvgIpc) is 2.58. The quantitative estimate of drug-likeness (QED) is 0.724. The molecule has 1 aromatic heterocycles. The Labute approximate surface area is 90.9 Å². The first kappa shape index (κ1) is 10.4. The minimum Gasteiger partial charge on any atom is -0.368 e. The molecule has 2 aromatic rings. The number of carbonyl (C=O) groups excluding carboxylic acids is 1. The van der Waals surface area contributed by atoms with E-state index in [4.69, 9.17) is 5.73 Å². The van der Waals surface area contributed by atoms with E-state index < -0.39 is 11.9 Å². The van der Waals surface area contributed by atoms with Crippen LogP contribution in [0.25, 0.3) is 11.0 Å². The minimum atomic E-state index is -0.537. The molecule has 0 aliphatic carbocycles. The van der Waals surface area contributed by atoms with Gasteiger partial charge in [0, 0.05) is 0 Å². The highest BCUT2D eigenvalue weighted by Crippen LogP contribution is 2.15. The van der Waals surface area contributed by atoms with Crippen molar-refractivity contribution in [3.05, 3.63) is 24.0 Å². The molecule has 5 nitrogen and oxygen atoms in total. The van der Waals surface area contributed by atoms with E-state index in [0.717, 1.165) is 0 Å². The maximum Gasteiger partial charge on any atom is 0.239 e. The molecule has 6 heteroatoms. The number of hydrogen-bond acceptors (Lipinski definition) is 3. The van der Waals surface area contributed by atoms with E-state index in [1.54, 1.807) is 13.0 Å². The highest BCUT2D eigenvalue weighted by Gasteiger charge is 2.10. The number of halogens is 1. The van der Waals surface area contributed by atoms with Gasteiger partial charge in [0.2, 0.25) is 11.9 Å². The second-order valence-corrected chi connectivity index (χ2v) is 3.52. The number of nitrogens with one attached hydrogen (secondary N) is 2. The molecular formula is C10H11FN4O. The van der Waals surface area contributed by atoms with Crippen LogP contribution in [0.3, 0.4) is 0 Å². The van der Waals surface area contributed by atoms with Gasteiger partial charge in [0.25, 0.3) is 0 Å². The van der Waals surface area contributed by atoms with Crippen molar-refractivity contribution in [3.8, 4) is 0 Å². The third-order valence-corrected chi connectivity index (χ3v) is 2.22. The van der Waals surface area contributed by atoms with Crippen molar-refractivity contribution < 1.29 is 9.18 Å². The molecule has 1 aromatic carbocycles. The third kappa shape index (κ3) is 1.95. The van der Waals surface area contributed by atoms with Gasteiger partial charge in [0.05, 0.1) is 11.0 Å². The van der Waals surface area contributed by atoms with Crippen LogP contribution in [-0.4, -0.2) is 21.9 Å². The summed E-state index contributed by atoms with van der Waals surface area (Å²) >= 11 is 0. The number of amides is 1. The fraction of sp³-hybridized carbons (Fsp3) is 0.200. The molecule has 2 rings (SSSR count). The molecule has 0 spiro atoms. The highest BCUT2D eigenvalue weighted by molar-refractivity contribution is 5.83. The van der Waals surface area contributed by atoms with E-state index in [9.17, 15) is 9.18 Å². The molecule has 4 N–H and O–H groups in total. The monoisotopic (exact) mass is 222 g/mol. The summed E-state index contributed by atoms with van der Waals surface area (Å²) in [6, 6.07) is 3.68. The van der Waals surface area contributed by atoms with Gasteiger partial charge >= 0.3 is 0 Å². The van der Waals surface area contributed by atoms with Crippen LogP contribution in [0.2, 0.25) is 0 Å². The molecule has 1 heterocycles. The Kier molecular flexibility index (Phi) is 2.47. The zero-order valence-corrected chi connectivity index (χ0v) is 8.62. The van der Waals surface area contributed by atoms with Crippen LogP contribution in [-0.2, 0) is 4.79 Å². The lowest BCUT2D eigenvalue weighted by atomic mass is 10.3. The number of H-pyrrole nitrogens is 1. The van der Waals surface area contributed by atoms with Crippen molar-refractivity contribution >= 4 is 22.9 Å². The normalized spacial score (nSPS) is 12.6. The number of anilines is 1. The van der Waals surface area contributed by atoms with Gasteiger partial charge in [-0.2, -0.15) is 0 Å². The zero-order chi connectivity index (χ0) is 11.7. The van der Waals surface area contributed by atoms with Crippen LogP contribution in [0.15, 0.2) is 18.2 Å². The number of nitrogens with zero attached hydrogens (tertiary/aromatic N) is 1. The van der Waals surface area contributed by atoms with Crippen LogP contribution in [0.1, 0.15) is 6.92 Å². The van der Waals surface area contributed by atoms with Gasteiger partial charge in [0.1, 0.15) is 11.9 Å². The maximum atomic E-state index is 12.9. The van der Waals surface area contributed by atoms with E-state index in [2.05, 4.69) is 15.3 Å². The molecule has 0 bridgehead atoms. The fourth-order valence-electron chi connectivity index (χ4n) is 1.33. The number of fused-ring (bicyclic) bond motifs is 1. The van der Waals surface area contributed by atoms with Crippen LogP contribution in [0.4, 0.5) is 10.3 Å². The lowest BCUT2D eigenvalue weighted by Crippen LogP contribution is -2.32. The molecule has 0 saturated carbocycles. The molecule has 1 atom stereocenters. The number of carbonyl (C=O) groups is 1. The van der Waals surface area contributed by atoms with Crippen LogP contribution < -0.4 is 11.1 Å². The summed E-state index contributed by atoms with van der Waals surface area (Å²) in [6.07, 6.45) is 0. The largest absolute Gasteiger partial charge is 0.368 e. The fourth-order valence-corrected chi connectivity index (χ4v) is 1.33. The third-order valence-electron chi connectivity index (χ3n) is 2.22. The topological polar surface area (TPSA) is 83.8 Å². The summed E-state index contributed by atoms with van der Waals surface area (Å²) in [5, 5.41) is 2.79. The second-order valence-electron chi connectivity index (χ2n) is 3.52. The summed E-state index contributed by atoms with van der Waals surface area (Å²) in [6.45, 7) is 1.62. The lowest BCUT2D eigenvalue weighted by molar-refractivity contribution is -0.118. The number of aromatic amines is 1. The highest BCUT2D eigenvalue weighted by atomic mass is 19.1. The van der Waals surface area contributed by atoms with E-state index in [-0.39, 0.29) is 5.82 Å². The van der Waals surface area contributed by atoms with Gasteiger partial charge in [-0.1, -0.05) is 0 Å². The van der Waals surface area contributed by atoms with Gasteiger partial charge in [-0.3, -0.25) is 4.79 Å². The molecule has 0 fully saturated rings. The number of benzene rings is 1. The molecule has 0 aliphatic heterocycles. The molecule has 0 radical (unpaired) electrons. The van der Waals surface area contributed by atoms with Crippen molar-refractivity contribution in [1.82, 2.24) is 9.97 Å². The van der Waals surface area contributed by atoms with Crippen molar-refractivity contribution in [2.75, 3.05) is 5.32 Å². The molecule has 16 heavy (non-hydrogen) atoms. The Morgan fingerprint density at radius 2 is 2.38 bits per heavy atom. The van der Waals surface area contributed by atoms with Gasteiger partial charge in [0.15, 0.2) is 0 Å². The van der Waals surface area contributed by atoms with Gasteiger partial charge in [-0.05, 0) is 25.1 Å². The Bertz CT molecular complexity index is 537. The first-order valence-electron chi connectivity index (χ1n) is 4.77. The predicted octanol–water partition coefficient (Wildman–Crippen LogP) is 0.988. The summed E-state index contributed by atoms with van der Waals surface area (Å²) < 4.78 is 12.9. The van der Waals surface area contributed by atoms with Crippen molar-refractivity contribution in [3.63, 3.8) is 0 Å². The summed E-state index contributed by atoms with van der Waals surface area (Å²) in [5.41, 5.74) is 6.29. The SMILES string of the molecule is CC(Nc1nc2ccc(F)cc2[nH]1)C(N)=O. The summed E-state index contributed by atoms with van der Waals surface area (Å²) in [4.78, 5) is 17.8. The van der Waals surface area contributed by atoms with Crippen molar-refractivity contribution in [2.45, 2.75) is 13.0 Å². The second kappa shape index (κ2) is 3.80. The van der Waals surface area contributed by atoms with Crippen LogP contribution in [0, 0.1) is 5.82 Å². The Morgan fingerprint density at radius 3 is 3.06 bits per heavy atom.